The molecule has 0 radical (unpaired) electrons. The monoisotopic (exact) mass is 598 g/mol. The molecule has 6 rings (SSSR count). The molecule has 5 aromatic rings. The maximum atomic E-state index is 14.5. The van der Waals surface area contributed by atoms with Crippen molar-refractivity contribution in [2.75, 3.05) is 19.6 Å². The number of amides is 1. The van der Waals surface area contributed by atoms with Crippen molar-refractivity contribution in [3.05, 3.63) is 99.6 Å². The number of hydrogen-bond acceptors (Lipinski definition) is 4. The molecule has 1 N–H and O–H groups in total. The van der Waals surface area contributed by atoms with Crippen LogP contribution in [0, 0.1) is 5.92 Å². The predicted molar refractivity (Wildman–Crippen MR) is 175 cm³/mol. The molecule has 1 aliphatic rings. The molecule has 1 amide bonds. The average molecular weight is 599 g/mol. The van der Waals surface area contributed by atoms with Gasteiger partial charge in [-0.3, -0.25) is 9.69 Å². The highest BCUT2D eigenvalue weighted by Crippen LogP contribution is 2.38. The number of carbonyl (C=O) groups excluding carboxylic acids is 1. The Morgan fingerprint density at radius 1 is 1.05 bits per heavy atom. The van der Waals surface area contributed by atoms with Crippen LogP contribution >= 0.6 is 22.9 Å². The Hall–Kier alpha value is -3.19. The van der Waals surface area contributed by atoms with Crippen molar-refractivity contribution >= 4 is 50.0 Å². The highest BCUT2D eigenvalue weighted by atomic mass is 35.5. The van der Waals surface area contributed by atoms with Crippen LogP contribution in [0.1, 0.15) is 72.2 Å². The van der Waals surface area contributed by atoms with Crippen molar-refractivity contribution in [1.82, 2.24) is 19.8 Å². The lowest BCUT2D eigenvalue weighted by Crippen LogP contribution is -2.37. The summed E-state index contributed by atoms with van der Waals surface area (Å²) in [5.74, 6) is 1.59. The fourth-order valence-corrected chi connectivity index (χ4v) is 7.54. The summed E-state index contributed by atoms with van der Waals surface area (Å²) < 4.78 is 1.03. The van der Waals surface area contributed by atoms with Gasteiger partial charge in [-0.1, -0.05) is 86.5 Å². The van der Waals surface area contributed by atoms with Gasteiger partial charge in [0.05, 0.1) is 22.1 Å². The van der Waals surface area contributed by atoms with Crippen LogP contribution in [0.5, 0.6) is 0 Å². The summed E-state index contributed by atoms with van der Waals surface area (Å²) in [6, 6.07) is 24.6. The maximum Gasteiger partial charge on any atom is 0.266 e. The lowest BCUT2D eigenvalue weighted by atomic mass is 9.95. The van der Waals surface area contributed by atoms with E-state index in [0.29, 0.717) is 22.9 Å². The van der Waals surface area contributed by atoms with E-state index in [9.17, 15) is 4.79 Å². The van der Waals surface area contributed by atoms with Crippen LogP contribution < -0.4 is 0 Å². The van der Waals surface area contributed by atoms with Crippen LogP contribution in [-0.2, 0) is 13.0 Å². The minimum absolute atomic E-state index is 0.0254. The first-order valence-electron chi connectivity index (χ1n) is 15.2. The molecule has 1 fully saturated rings. The third-order valence-electron chi connectivity index (χ3n) is 8.64. The van der Waals surface area contributed by atoms with E-state index in [0.717, 1.165) is 65.3 Å². The van der Waals surface area contributed by atoms with E-state index < -0.39 is 0 Å². The summed E-state index contributed by atoms with van der Waals surface area (Å²) in [5.41, 5.74) is 4.49. The molecule has 1 saturated heterocycles. The molecule has 3 aromatic carbocycles. The number of thiophene rings is 1. The summed E-state index contributed by atoms with van der Waals surface area (Å²) >= 11 is 8.37. The standard InChI is InChI=1S/C35H39ClN4OS/c1-3-4-19-40(35(41)33-32(36)27-13-7-10-16-31(27)42-33)30(34-37-28-14-8-9-15-29(28)38-34)22-25-11-5-6-12-26(25)23-39-20-17-24(2)18-21-39/h5-16,24,30H,3-4,17-23H2,1-2H3,(H,37,38). The van der Waals surface area contributed by atoms with Crippen molar-refractivity contribution in [2.24, 2.45) is 5.92 Å². The molecular weight excluding hydrogens is 560 g/mol. The second-order valence-electron chi connectivity index (χ2n) is 11.7. The van der Waals surface area contributed by atoms with Gasteiger partial charge in [-0.2, -0.15) is 0 Å². The number of nitrogens with one attached hydrogen (secondary N) is 1. The Morgan fingerprint density at radius 3 is 2.52 bits per heavy atom. The molecular formula is C35H39ClN4OS. The van der Waals surface area contributed by atoms with Crippen molar-refractivity contribution in [3.63, 3.8) is 0 Å². The number of aromatic amines is 1. The first-order valence-corrected chi connectivity index (χ1v) is 16.4. The molecule has 1 atom stereocenters. The minimum Gasteiger partial charge on any atom is -0.340 e. The van der Waals surface area contributed by atoms with Crippen molar-refractivity contribution in [2.45, 2.75) is 58.5 Å². The third-order valence-corrected chi connectivity index (χ3v) is 10.3. The van der Waals surface area contributed by atoms with Gasteiger partial charge in [0.2, 0.25) is 0 Å². The number of rotatable bonds is 10. The minimum atomic E-state index is -0.264. The van der Waals surface area contributed by atoms with Crippen LogP contribution in [0.3, 0.4) is 0 Å². The van der Waals surface area contributed by atoms with Crippen molar-refractivity contribution in [1.29, 1.82) is 0 Å². The number of carbonyl (C=O) groups is 1. The van der Waals surface area contributed by atoms with Gasteiger partial charge in [0.15, 0.2) is 0 Å². The normalized spacial score (nSPS) is 15.4. The predicted octanol–water partition coefficient (Wildman–Crippen LogP) is 8.89. The van der Waals surface area contributed by atoms with Crippen LogP contribution in [0.4, 0.5) is 0 Å². The van der Waals surface area contributed by atoms with Gasteiger partial charge in [0, 0.05) is 29.6 Å². The number of fused-ring (bicyclic) bond motifs is 2. The smallest absolute Gasteiger partial charge is 0.266 e. The quantitative estimate of drug-likeness (QED) is 0.175. The Balaban J connectivity index is 1.40. The maximum absolute atomic E-state index is 14.5. The van der Waals surface area contributed by atoms with Crippen LogP contribution in [0.15, 0.2) is 72.8 Å². The molecule has 7 heteroatoms. The summed E-state index contributed by atoms with van der Waals surface area (Å²) in [5, 5.41) is 1.48. The first-order chi connectivity index (χ1) is 20.5. The molecule has 1 unspecified atom stereocenters. The number of imidazole rings is 1. The number of unbranched alkanes of at least 4 members (excludes halogenated alkanes) is 1. The Labute approximate surface area is 257 Å². The van der Waals surface area contributed by atoms with Crippen molar-refractivity contribution < 1.29 is 4.79 Å². The average Bonchev–Trinajstić information content (AvgIpc) is 3.60. The summed E-state index contributed by atoms with van der Waals surface area (Å²) in [7, 11) is 0. The highest BCUT2D eigenvalue weighted by Gasteiger charge is 2.32. The number of H-pyrrole nitrogens is 1. The van der Waals surface area contributed by atoms with E-state index >= 15 is 0 Å². The zero-order valence-corrected chi connectivity index (χ0v) is 26.1. The van der Waals surface area contributed by atoms with Gasteiger partial charge in [-0.05, 0) is 67.6 Å². The lowest BCUT2D eigenvalue weighted by molar-refractivity contribution is 0.0668. The molecule has 42 heavy (non-hydrogen) atoms. The molecule has 5 nitrogen and oxygen atoms in total. The summed E-state index contributed by atoms with van der Waals surface area (Å²) in [6.45, 7) is 8.35. The topological polar surface area (TPSA) is 52.2 Å². The van der Waals surface area contributed by atoms with E-state index in [2.05, 4.69) is 54.1 Å². The molecule has 0 bridgehead atoms. The van der Waals surface area contributed by atoms with Gasteiger partial charge < -0.3 is 9.88 Å². The fraction of sp³-hybridized carbons (Fsp3) is 0.371. The van der Waals surface area contributed by atoms with E-state index in [4.69, 9.17) is 16.6 Å². The number of hydrogen-bond donors (Lipinski definition) is 1. The first kappa shape index (κ1) is 28.9. The van der Waals surface area contributed by atoms with Gasteiger partial charge in [-0.25, -0.2) is 4.98 Å². The molecule has 218 valence electrons. The number of benzene rings is 3. The number of nitrogens with zero attached hydrogens (tertiary/aromatic N) is 3. The largest absolute Gasteiger partial charge is 0.340 e. The number of halogens is 1. The van der Waals surface area contributed by atoms with Gasteiger partial charge in [-0.15, -0.1) is 11.3 Å². The van der Waals surface area contributed by atoms with Gasteiger partial charge >= 0.3 is 0 Å². The van der Waals surface area contributed by atoms with Crippen LogP contribution in [-0.4, -0.2) is 45.3 Å². The highest BCUT2D eigenvalue weighted by molar-refractivity contribution is 7.21. The lowest BCUT2D eigenvalue weighted by Gasteiger charge is -2.33. The summed E-state index contributed by atoms with van der Waals surface area (Å²) in [6.07, 6.45) is 5.07. The van der Waals surface area contributed by atoms with Crippen molar-refractivity contribution in [3.8, 4) is 0 Å². The molecule has 0 aliphatic carbocycles. The summed E-state index contributed by atoms with van der Waals surface area (Å²) in [4.78, 5) is 28.3. The van der Waals surface area contributed by atoms with E-state index in [1.165, 1.54) is 35.3 Å². The Morgan fingerprint density at radius 2 is 1.76 bits per heavy atom. The van der Waals surface area contributed by atoms with E-state index in [-0.39, 0.29) is 11.9 Å². The zero-order valence-electron chi connectivity index (χ0n) is 24.5. The molecule has 3 heterocycles. The van der Waals surface area contributed by atoms with E-state index in [1.54, 1.807) is 0 Å². The Bertz CT molecular complexity index is 1640. The third kappa shape index (κ3) is 6.12. The van der Waals surface area contributed by atoms with E-state index in [1.807, 2.05) is 47.4 Å². The fourth-order valence-electron chi connectivity index (χ4n) is 6.07. The van der Waals surface area contributed by atoms with Crippen LogP contribution in [0.2, 0.25) is 5.02 Å². The number of aromatic nitrogens is 2. The van der Waals surface area contributed by atoms with Crippen LogP contribution in [0.25, 0.3) is 21.1 Å². The second-order valence-corrected chi connectivity index (χ2v) is 13.1. The Kier molecular flexibility index (Phi) is 8.94. The molecule has 1 aliphatic heterocycles. The second kappa shape index (κ2) is 13.0. The number of para-hydroxylation sites is 2. The SMILES string of the molecule is CCCCN(C(=O)c1sc2ccccc2c1Cl)C(Cc1ccccc1CN1CCC(C)CC1)c1nc2ccccc2[nH]1. The zero-order chi connectivity index (χ0) is 29.1. The van der Waals surface area contributed by atoms with Gasteiger partial charge in [0.25, 0.3) is 5.91 Å². The molecule has 2 aromatic heterocycles. The molecule has 0 spiro atoms. The number of likely N-dealkylation sites (tertiary alicyclic amines) is 1. The number of piperidine rings is 1. The van der Waals surface area contributed by atoms with Gasteiger partial charge in [0.1, 0.15) is 10.7 Å². The molecule has 0 saturated carbocycles.